The molecule has 3 aromatic rings. The summed E-state index contributed by atoms with van der Waals surface area (Å²) in [5.41, 5.74) is 1.61. The van der Waals surface area contributed by atoms with Crippen LogP contribution in [0.5, 0.6) is 11.5 Å². The molecular formula is C21H23N3O3S2. The van der Waals surface area contributed by atoms with Gasteiger partial charge in [0.05, 0.1) is 24.4 Å². The lowest BCUT2D eigenvalue weighted by atomic mass is 10.1. The van der Waals surface area contributed by atoms with Gasteiger partial charge in [-0.25, -0.2) is 4.98 Å². The molecule has 1 saturated heterocycles. The summed E-state index contributed by atoms with van der Waals surface area (Å²) in [6, 6.07) is 11.7. The molecule has 2 heterocycles. The van der Waals surface area contributed by atoms with Gasteiger partial charge in [0.1, 0.15) is 11.5 Å². The molecule has 0 N–H and O–H groups in total. The first-order valence-corrected chi connectivity index (χ1v) is 11.4. The van der Waals surface area contributed by atoms with Gasteiger partial charge in [-0.1, -0.05) is 11.3 Å². The maximum absolute atomic E-state index is 13.0. The second-order valence-electron chi connectivity index (χ2n) is 6.71. The molecule has 0 aliphatic carbocycles. The first kappa shape index (κ1) is 19.8. The fraction of sp³-hybridized carbons (Fsp3) is 0.333. The lowest BCUT2D eigenvalue weighted by molar-refractivity contribution is 0.0746. The van der Waals surface area contributed by atoms with E-state index >= 15 is 0 Å². The van der Waals surface area contributed by atoms with Crippen molar-refractivity contribution in [3.63, 3.8) is 0 Å². The zero-order chi connectivity index (χ0) is 20.4. The number of thiazole rings is 1. The molecule has 152 valence electrons. The standard InChI is InChI=1S/C21H23N3O3S2/c1-26-15-10-14(11-16(12-15)27-2)20(25)23-6-8-24(9-7-23)21-22-18-5-4-17(28-3)13-19(18)29-21/h4-5,10-13H,6-9H2,1-3H3. The number of ether oxygens (including phenoxy) is 2. The zero-order valence-corrected chi connectivity index (χ0v) is 18.3. The van der Waals surface area contributed by atoms with Crippen molar-refractivity contribution in [2.24, 2.45) is 0 Å². The Morgan fingerprint density at radius 1 is 1.03 bits per heavy atom. The number of methoxy groups -OCH3 is 2. The molecule has 1 aliphatic heterocycles. The summed E-state index contributed by atoms with van der Waals surface area (Å²) in [4.78, 5) is 23.1. The van der Waals surface area contributed by atoms with E-state index in [-0.39, 0.29) is 5.91 Å². The summed E-state index contributed by atoms with van der Waals surface area (Å²) in [6.45, 7) is 2.85. The number of carbonyl (C=O) groups excluding carboxylic acids is 1. The van der Waals surface area contributed by atoms with Gasteiger partial charge in [-0.2, -0.15) is 0 Å². The van der Waals surface area contributed by atoms with Crippen LogP contribution in [-0.2, 0) is 0 Å². The van der Waals surface area contributed by atoms with Crippen molar-refractivity contribution in [1.29, 1.82) is 0 Å². The van der Waals surface area contributed by atoms with Crippen LogP contribution in [0.15, 0.2) is 41.3 Å². The van der Waals surface area contributed by atoms with E-state index in [0.29, 0.717) is 30.2 Å². The number of carbonyl (C=O) groups is 1. The molecule has 0 unspecified atom stereocenters. The van der Waals surface area contributed by atoms with Crippen molar-refractivity contribution in [3.05, 3.63) is 42.0 Å². The molecule has 8 heteroatoms. The largest absolute Gasteiger partial charge is 0.497 e. The van der Waals surface area contributed by atoms with Crippen LogP contribution in [0, 0.1) is 0 Å². The quantitative estimate of drug-likeness (QED) is 0.572. The number of aromatic nitrogens is 1. The van der Waals surface area contributed by atoms with Crippen LogP contribution in [0.1, 0.15) is 10.4 Å². The first-order chi connectivity index (χ1) is 14.1. The summed E-state index contributed by atoms with van der Waals surface area (Å²) in [6.07, 6.45) is 2.08. The van der Waals surface area contributed by atoms with E-state index in [1.54, 1.807) is 55.5 Å². The van der Waals surface area contributed by atoms with Crippen molar-refractivity contribution in [1.82, 2.24) is 9.88 Å². The van der Waals surface area contributed by atoms with Crippen LogP contribution in [0.2, 0.25) is 0 Å². The number of benzene rings is 2. The Balaban J connectivity index is 1.46. The molecule has 0 saturated carbocycles. The molecule has 1 amide bonds. The Morgan fingerprint density at radius 2 is 1.72 bits per heavy atom. The minimum absolute atomic E-state index is 0.00392. The maximum Gasteiger partial charge on any atom is 0.254 e. The molecule has 29 heavy (non-hydrogen) atoms. The van der Waals surface area contributed by atoms with Crippen LogP contribution < -0.4 is 14.4 Å². The van der Waals surface area contributed by atoms with Gasteiger partial charge < -0.3 is 19.3 Å². The SMILES string of the molecule is COc1cc(OC)cc(C(=O)N2CCN(c3nc4ccc(SC)cc4s3)CC2)c1. The molecule has 0 spiro atoms. The summed E-state index contributed by atoms with van der Waals surface area (Å²) >= 11 is 3.45. The van der Waals surface area contributed by atoms with E-state index in [1.807, 2.05) is 4.90 Å². The Bertz CT molecular complexity index is 1010. The molecular weight excluding hydrogens is 406 g/mol. The predicted octanol–water partition coefficient (Wildman–Crippen LogP) is 4.00. The van der Waals surface area contributed by atoms with E-state index < -0.39 is 0 Å². The average Bonchev–Trinajstić information content (AvgIpc) is 3.21. The Kier molecular flexibility index (Phi) is 5.82. The topological polar surface area (TPSA) is 54.9 Å². The second kappa shape index (κ2) is 8.51. The molecule has 2 aromatic carbocycles. The predicted molar refractivity (Wildman–Crippen MR) is 119 cm³/mol. The fourth-order valence-corrected chi connectivity index (χ4v) is 4.94. The number of fused-ring (bicyclic) bond motifs is 1. The first-order valence-electron chi connectivity index (χ1n) is 9.33. The molecule has 4 rings (SSSR count). The molecule has 0 bridgehead atoms. The number of piperazine rings is 1. The highest BCUT2D eigenvalue weighted by Gasteiger charge is 2.24. The third kappa shape index (κ3) is 4.13. The van der Waals surface area contributed by atoms with Crippen LogP contribution in [0.3, 0.4) is 0 Å². The van der Waals surface area contributed by atoms with Gasteiger partial charge in [0.25, 0.3) is 5.91 Å². The molecule has 1 aromatic heterocycles. The van der Waals surface area contributed by atoms with Gasteiger partial charge in [-0.05, 0) is 36.6 Å². The number of anilines is 1. The highest BCUT2D eigenvalue weighted by Crippen LogP contribution is 2.32. The van der Waals surface area contributed by atoms with Crippen LogP contribution in [0.4, 0.5) is 5.13 Å². The summed E-state index contributed by atoms with van der Waals surface area (Å²) in [5.74, 6) is 1.23. The van der Waals surface area contributed by atoms with Gasteiger partial charge in [0.2, 0.25) is 0 Å². The Hall–Kier alpha value is -2.45. The monoisotopic (exact) mass is 429 g/mol. The van der Waals surface area contributed by atoms with E-state index in [1.165, 1.54) is 9.60 Å². The third-order valence-electron chi connectivity index (χ3n) is 5.02. The van der Waals surface area contributed by atoms with Gasteiger partial charge in [-0.3, -0.25) is 4.79 Å². The number of hydrogen-bond donors (Lipinski definition) is 0. The molecule has 1 fully saturated rings. The van der Waals surface area contributed by atoms with Crippen molar-refractivity contribution >= 4 is 44.4 Å². The van der Waals surface area contributed by atoms with Crippen LogP contribution >= 0.6 is 23.1 Å². The number of rotatable bonds is 5. The van der Waals surface area contributed by atoms with Gasteiger partial charge in [0, 0.05) is 42.7 Å². The zero-order valence-electron chi connectivity index (χ0n) is 16.7. The Morgan fingerprint density at radius 3 is 2.34 bits per heavy atom. The van der Waals surface area contributed by atoms with Crippen LogP contribution in [0.25, 0.3) is 10.2 Å². The third-order valence-corrected chi connectivity index (χ3v) is 6.82. The minimum atomic E-state index is -0.00392. The minimum Gasteiger partial charge on any atom is -0.497 e. The normalized spacial score (nSPS) is 14.3. The summed E-state index contributed by atoms with van der Waals surface area (Å²) in [5, 5.41) is 1.02. The number of thioether (sulfide) groups is 1. The highest BCUT2D eigenvalue weighted by atomic mass is 32.2. The van der Waals surface area contributed by atoms with Crippen molar-refractivity contribution in [3.8, 4) is 11.5 Å². The maximum atomic E-state index is 13.0. The van der Waals surface area contributed by atoms with Crippen LogP contribution in [-0.4, -0.2) is 62.4 Å². The number of hydrogen-bond acceptors (Lipinski definition) is 7. The van der Waals surface area contributed by atoms with Crippen molar-refractivity contribution < 1.29 is 14.3 Å². The van der Waals surface area contributed by atoms with Gasteiger partial charge in [-0.15, -0.1) is 11.8 Å². The fourth-order valence-electron chi connectivity index (χ4n) is 3.37. The van der Waals surface area contributed by atoms with Crippen molar-refractivity contribution in [2.75, 3.05) is 51.6 Å². The highest BCUT2D eigenvalue weighted by molar-refractivity contribution is 7.98. The lowest BCUT2D eigenvalue weighted by Crippen LogP contribution is -2.48. The summed E-state index contributed by atoms with van der Waals surface area (Å²) in [7, 11) is 3.17. The van der Waals surface area contributed by atoms with Crippen molar-refractivity contribution in [2.45, 2.75) is 4.90 Å². The van der Waals surface area contributed by atoms with E-state index in [0.717, 1.165) is 23.7 Å². The number of nitrogens with zero attached hydrogens (tertiary/aromatic N) is 3. The molecule has 1 aliphatic rings. The lowest BCUT2D eigenvalue weighted by Gasteiger charge is -2.34. The van der Waals surface area contributed by atoms with E-state index in [9.17, 15) is 4.79 Å². The molecule has 0 radical (unpaired) electrons. The molecule has 0 atom stereocenters. The van der Waals surface area contributed by atoms with Gasteiger partial charge in [0.15, 0.2) is 5.13 Å². The Labute approximate surface area is 178 Å². The van der Waals surface area contributed by atoms with Gasteiger partial charge >= 0.3 is 0 Å². The number of amides is 1. The smallest absolute Gasteiger partial charge is 0.254 e. The molecule has 6 nitrogen and oxygen atoms in total. The summed E-state index contributed by atoms with van der Waals surface area (Å²) < 4.78 is 11.8. The second-order valence-corrected chi connectivity index (χ2v) is 8.60. The van der Waals surface area contributed by atoms with E-state index in [2.05, 4.69) is 29.4 Å². The average molecular weight is 430 g/mol. The van der Waals surface area contributed by atoms with E-state index in [4.69, 9.17) is 14.5 Å².